The molecule has 0 radical (unpaired) electrons. The highest BCUT2D eigenvalue weighted by Crippen LogP contribution is 2.27. The molecular weight excluding hydrogens is 279 g/mol. The second-order valence-corrected chi connectivity index (χ2v) is 4.94. The topological polar surface area (TPSA) is 73.1 Å². The van der Waals surface area contributed by atoms with Gasteiger partial charge in [0.05, 0.1) is 0 Å². The second kappa shape index (κ2) is 7.18. The summed E-state index contributed by atoms with van der Waals surface area (Å²) < 4.78 is 18.4. The van der Waals surface area contributed by atoms with Crippen molar-refractivity contribution >= 4 is 17.6 Å². The van der Waals surface area contributed by atoms with Crippen molar-refractivity contribution in [2.24, 2.45) is 5.84 Å². The summed E-state index contributed by atoms with van der Waals surface area (Å²) in [6.45, 7) is 2.78. The third-order valence-electron chi connectivity index (χ3n) is 2.35. The SMILES string of the molecule is CCOCc1nc(NN)cc(Sc2cccc(F)c2)n1. The number of halogens is 1. The molecule has 0 aliphatic carbocycles. The molecule has 20 heavy (non-hydrogen) atoms. The monoisotopic (exact) mass is 294 g/mol. The van der Waals surface area contributed by atoms with Gasteiger partial charge in [-0.15, -0.1) is 0 Å². The largest absolute Gasteiger partial charge is 0.374 e. The van der Waals surface area contributed by atoms with Gasteiger partial charge in [-0.25, -0.2) is 20.2 Å². The molecule has 0 spiro atoms. The Morgan fingerprint density at radius 1 is 1.35 bits per heavy atom. The molecule has 0 saturated heterocycles. The van der Waals surface area contributed by atoms with Gasteiger partial charge < -0.3 is 10.2 Å². The van der Waals surface area contributed by atoms with Gasteiger partial charge in [-0.05, 0) is 25.1 Å². The molecule has 0 bridgehead atoms. The molecule has 7 heteroatoms. The lowest BCUT2D eigenvalue weighted by molar-refractivity contribution is 0.128. The molecule has 1 aromatic heterocycles. The number of ether oxygens (including phenoxy) is 1. The highest BCUT2D eigenvalue weighted by Gasteiger charge is 2.06. The summed E-state index contributed by atoms with van der Waals surface area (Å²) in [4.78, 5) is 9.30. The average Bonchev–Trinajstić information content (AvgIpc) is 2.45. The van der Waals surface area contributed by atoms with Crippen LogP contribution in [0.5, 0.6) is 0 Å². The summed E-state index contributed by atoms with van der Waals surface area (Å²) in [5.74, 6) is 6.12. The minimum Gasteiger partial charge on any atom is -0.374 e. The average molecular weight is 294 g/mol. The molecule has 106 valence electrons. The maximum atomic E-state index is 13.2. The number of hydrazine groups is 1. The van der Waals surface area contributed by atoms with Gasteiger partial charge in [-0.3, -0.25) is 0 Å². The van der Waals surface area contributed by atoms with Crippen LogP contribution in [-0.2, 0) is 11.3 Å². The van der Waals surface area contributed by atoms with E-state index in [1.165, 1.54) is 23.9 Å². The van der Waals surface area contributed by atoms with Crippen LogP contribution in [0.4, 0.5) is 10.2 Å². The Morgan fingerprint density at radius 3 is 2.90 bits per heavy atom. The van der Waals surface area contributed by atoms with Crippen molar-refractivity contribution in [3.63, 3.8) is 0 Å². The Hall–Kier alpha value is -1.70. The lowest BCUT2D eigenvalue weighted by atomic mass is 10.4. The number of nitrogen functional groups attached to an aromatic ring is 1. The maximum Gasteiger partial charge on any atom is 0.157 e. The Bertz CT molecular complexity index is 582. The molecule has 0 saturated carbocycles. The van der Waals surface area contributed by atoms with Gasteiger partial charge >= 0.3 is 0 Å². The van der Waals surface area contributed by atoms with Crippen molar-refractivity contribution in [1.29, 1.82) is 0 Å². The van der Waals surface area contributed by atoms with Gasteiger partial charge in [0.15, 0.2) is 5.82 Å². The van der Waals surface area contributed by atoms with Crippen LogP contribution in [0, 0.1) is 5.82 Å². The first-order chi connectivity index (χ1) is 9.71. The zero-order chi connectivity index (χ0) is 14.4. The van der Waals surface area contributed by atoms with Crippen molar-refractivity contribution in [3.8, 4) is 0 Å². The van der Waals surface area contributed by atoms with E-state index in [2.05, 4.69) is 15.4 Å². The third kappa shape index (κ3) is 4.16. The molecule has 3 N–H and O–H groups in total. The quantitative estimate of drug-likeness (QED) is 0.484. The number of nitrogens with one attached hydrogen (secondary N) is 1. The number of benzene rings is 1. The maximum absolute atomic E-state index is 13.2. The summed E-state index contributed by atoms with van der Waals surface area (Å²) in [6.07, 6.45) is 0. The molecule has 5 nitrogen and oxygen atoms in total. The van der Waals surface area contributed by atoms with E-state index in [1.54, 1.807) is 12.1 Å². The van der Waals surface area contributed by atoms with E-state index >= 15 is 0 Å². The fourth-order valence-electron chi connectivity index (χ4n) is 1.51. The first-order valence-electron chi connectivity index (χ1n) is 6.07. The molecule has 2 aromatic rings. The van der Waals surface area contributed by atoms with Gasteiger partial charge in [-0.1, -0.05) is 17.8 Å². The molecule has 2 rings (SSSR count). The minimum atomic E-state index is -0.282. The van der Waals surface area contributed by atoms with E-state index in [1.807, 2.05) is 13.0 Å². The zero-order valence-electron chi connectivity index (χ0n) is 11.0. The van der Waals surface area contributed by atoms with E-state index in [-0.39, 0.29) is 5.82 Å². The standard InChI is InChI=1S/C13H15FN4OS/c1-2-19-8-12-16-11(18-15)7-13(17-12)20-10-5-3-4-9(14)6-10/h3-7H,2,8,15H2,1H3,(H,16,17,18). The number of aromatic nitrogens is 2. The lowest BCUT2D eigenvalue weighted by Gasteiger charge is -2.07. The smallest absolute Gasteiger partial charge is 0.157 e. The number of nitrogens with zero attached hydrogens (tertiary/aromatic N) is 2. The van der Waals surface area contributed by atoms with Crippen molar-refractivity contribution in [2.75, 3.05) is 12.0 Å². The van der Waals surface area contributed by atoms with Crippen LogP contribution in [-0.4, -0.2) is 16.6 Å². The number of rotatable bonds is 6. The molecule has 0 aliphatic heterocycles. The molecule has 0 fully saturated rings. The van der Waals surface area contributed by atoms with Crippen molar-refractivity contribution in [1.82, 2.24) is 9.97 Å². The Morgan fingerprint density at radius 2 is 2.20 bits per heavy atom. The van der Waals surface area contributed by atoms with Gasteiger partial charge in [0, 0.05) is 17.6 Å². The fraction of sp³-hybridized carbons (Fsp3) is 0.231. The normalized spacial score (nSPS) is 10.6. The zero-order valence-corrected chi connectivity index (χ0v) is 11.8. The fourth-order valence-corrected chi connectivity index (χ4v) is 2.39. The van der Waals surface area contributed by atoms with Gasteiger partial charge in [0.25, 0.3) is 0 Å². The van der Waals surface area contributed by atoms with Crippen molar-refractivity contribution in [3.05, 3.63) is 42.0 Å². The number of nitrogens with two attached hydrogens (primary N) is 1. The number of hydrogen-bond acceptors (Lipinski definition) is 6. The van der Waals surface area contributed by atoms with E-state index in [0.29, 0.717) is 29.9 Å². The van der Waals surface area contributed by atoms with Crippen molar-refractivity contribution < 1.29 is 9.13 Å². The molecular formula is C13H15FN4OS. The molecule has 0 amide bonds. The van der Waals surface area contributed by atoms with Crippen molar-refractivity contribution in [2.45, 2.75) is 23.5 Å². The predicted octanol–water partition coefficient (Wildman–Crippen LogP) is 2.59. The molecule has 0 unspecified atom stereocenters. The third-order valence-corrected chi connectivity index (χ3v) is 3.26. The van der Waals surface area contributed by atoms with Crippen LogP contribution in [0.15, 0.2) is 40.3 Å². The summed E-state index contributed by atoms with van der Waals surface area (Å²) in [5.41, 5.74) is 2.49. The van der Waals surface area contributed by atoms with Crippen LogP contribution in [0.25, 0.3) is 0 Å². The molecule has 0 aliphatic rings. The van der Waals surface area contributed by atoms with Crippen LogP contribution < -0.4 is 11.3 Å². The number of anilines is 1. The van der Waals surface area contributed by atoms with Crippen LogP contribution >= 0.6 is 11.8 Å². The lowest BCUT2D eigenvalue weighted by Crippen LogP contribution is -2.11. The summed E-state index contributed by atoms with van der Waals surface area (Å²) >= 11 is 1.34. The Labute approximate surface area is 120 Å². The van der Waals surface area contributed by atoms with Crippen LogP contribution in [0.1, 0.15) is 12.7 Å². The van der Waals surface area contributed by atoms with E-state index in [4.69, 9.17) is 10.6 Å². The Balaban J connectivity index is 2.21. The highest BCUT2D eigenvalue weighted by molar-refractivity contribution is 7.99. The minimum absolute atomic E-state index is 0.282. The first-order valence-corrected chi connectivity index (χ1v) is 6.88. The molecule has 0 atom stereocenters. The van der Waals surface area contributed by atoms with Crippen LogP contribution in [0.3, 0.4) is 0 Å². The summed E-state index contributed by atoms with van der Waals surface area (Å²) in [7, 11) is 0. The molecule has 1 aromatic carbocycles. The van der Waals surface area contributed by atoms with Crippen LogP contribution in [0.2, 0.25) is 0 Å². The van der Waals surface area contributed by atoms with E-state index in [0.717, 1.165) is 4.90 Å². The second-order valence-electron chi connectivity index (χ2n) is 3.85. The summed E-state index contributed by atoms with van der Waals surface area (Å²) in [6, 6.07) is 8.02. The van der Waals surface area contributed by atoms with Gasteiger partial charge in [-0.2, -0.15) is 0 Å². The Kier molecular flexibility index (Phi) is 5.28. The number of hydrogen-bond donors (Lipinski definition) is 2. The van der Waals surface area contributed by atoms with Gasteiger partial charge in [0.2, 0.25) is 0 Å². The van der Waals surface area contributed by atoms with Gasteiger partial charge in [0.1, 0.15) is 23.3 Å². The van der Waals surface area contributed by atoms with E-state index in [9.17, 15) is 4.39 Å². The van der Waals surface area contributed by atoms with E-state index < -0.39 is 0 Å². The predicted molar refractivity (Wildman–Crippen MR) is 75.7 cm³/mol. The summed E-state index contributed by atoms with van der Waals surface area (Å²) in [5, 5.41) is 0.674. The first kappa shape index (κ1) is 14.7. The highest BCUT2D eigenvalue weighted by atomic mass is 32.2. The molecule has 1 heterocycles.